The number of carbonyl (C=O) groups is 3. The van der Waals surface area contributed by atoms with Crippen molar-refractivity contribution >= 4 is 23.6 Å². The zero-order valence-electron chi connectivity index (χ0n) is 17.5. The van der Waals surface area contributed by atoms with E-state index in [-0.39, 0.29) is 19.4 Å². The minimum atomic E-state index is -1.73. The van der Waals surface area contributed by atoms with Crippen LogP contribution in [-0.4, -0.2) is 47.0 Å². The van der Waals surface area contributed by atoms with Crippen LogP contribution in [0.1, 0.15) is 40.0 Å². The van der Waals surface area contributed by atoms with Crippen molar-refractivity contribution in [3.63, 3.8) is 0 Å². The van der Waals surface area contributed by atoms with Crippen molar-refractivity contribution < 1.29 is 32.3 Å². The molecule has 1 fully saturated rings. The molecule has 0 aromatic heterocycles. The van der Waals surface area contributed by atoms with Gasteiger partial charge in [-0.3, -0.25) is 14.5 Å². The Hall–Kier alpha value is -3.22. The smallest absolute Gasteiger partial charge is 0.411 e. The van der Waals surface area contributed by atoms with Gasteiger partial charge in [-0.1, -0.05) is 0 Å². The second-order valence-electron chi connectivity index (χ2n) is 8.10. The average Bonchev–Trinajstić information content (AvgIpc) is 3.10. The summed E-state index contributed by atoms with van der Waals surface area (Å²) < 4.78 is 45.4. The first kappa shape index (κ1) is 24.1. The Bertz CT molecular complexity index is 924. The van der Waals surface area contributed by atoms with E-state index in [1.807, 2.05) is 0 Å². The van der Waals surface area contributed by atoms with E-state index >= 15 is 0 Å². The number of nitrogens with one attached hydrogen (secondary N) is 2. The van der Waals surface area contributed by atoms with E-state index in [0.717, 1.165) is 6.07 Å². The highest BCUT2D eigenvalue weighted by Crippen LogP contribution is 2.34. The topological polar surface area (TPSA) is 87.7 Å². The molecule has 0 spiro atoms. The molecule has 0 saturated carbocycles. The number of anilines is 1. The second kappa shape index (κ2) is 9.29. The monoisotopic (exact) mass is 439 g/mol. The number of hydrogen-bond donors (Lipinski definition) is 2. The number of amides is 3. The molecule has 0 radical (unpaired) electrons. The zero-order chi connectivity index (χ0) is 23.4. The van der Waals surface area contributed by atoms with Crippen LogP contribution in [0.5, 0.6) is 0 Å². The molecule has 1 aliphatic heterocycles. The van der Waals surface area contributed by atoms with Gasteiger partial charge >= 0.3 is 6.09 Å². The van der Waals surface area contributed by atoms with Crippen molar-refractivity contribution in [2.45, 2.75) is 51.2 Å². The van der Waals surface area contributed by atoms with E-state index in [4.69, 9.17) is 11.2 Å². The second-order valence-corrected chi connectivity index (χ2v) is 8.10. The van der Waals surface area contributed by atoms with Gasteiger partial charge in [0, 0.05) is 13.0 Å². The lowest BCUT2D eigenvalue weighted by Crippen LogP contribution is -2.58. The van der Waals surface area contributed by atoms with Crippen LogP contribution >= 0.6 is 0 Å². The van der Waals surface area contributed by atoms with Gasteiger partial charge in [-0.05, 0) is 45.7 Å². The van der Waals surface area contributed by atoms with Gasteiger partial charge in [0.2, 0.25) is 11.8 Å². The molecule has 2 rings (SSSR count). The molecule has 3 amide bonds. The Morgan fingerprint density at radius 3 is 2.52 bits per heavy atom. The van der Waals surface area contributed by atoms with Crippen molar-refractivity contribution in [2.24, 2.45) is 0 Å². The molecule has 0 aliphatic carbocycles. The number of benzene rings is 1. The van der Waals surface area contributed by atoms with E-state index in [1.165, 1.54) is 4.90 Å². The third kappa shape index (κ3) is 5.48. The normalized spacial score (nSPS) is 18.3. The van der Waals surface area contributed by atoms with Crippen LogP contribution in [-0.2, 0) is 14.3 Å². The van der Waals surface area contributed by atoms with E-state index in [2.05, 4.69) is 16.6 Å². The summed E-state index contributed by atoms with van der Waals surface area (Å²) in [6.07, 6.45) is 5.39. The van der Waals surface area contributed by atoms with E-state index in [9.17, 15) is 27.6 Å². The molecule has 10 heteroatoms. The molecule has 0 unspecified atom stereocenters. The average molecular weight is 439 g/mol. The Balaban J connectivity index is 2.10. The van der Waals surface area contributed by atoms with Crippen LogP contribution in [0.15, 0.2) is 12.1 Å². The fourth-order valence-corrected chi connectivity index (χ4v) is 3.27. The number of likely N-dealkylation sites (tertiary alicyclic amines) is 1. The number of terminal acetylenes is 1. The molecular weight excluding hydrogens is 415 g/mol. The first-order valence-electron chi connectivity index (χ1n) is 9.57. The fourth-order valence-electron chi connectivity index (χ4n) is 3.27. The number of halogens is 3. The highest BCUT2D eigenvalue weighted by atomic mass is 19.2. The molecule has 1 aromatic carbocycles. The molecule has 7 nitrogen and oxygen atoms in total. The van der Waals surface area contributed by atoms with Crippen LogP contribution in [0.2, 0.25) is 0 Å². The Labute approximate surface area is 178 Å². The first-order valence-corrected chi connectivity index (χ1v) is 9.57. The van der Waals surface area contributed by atoms with Gasteiger partial charge in [0.25, 0.3) is 0 Å². The maximum absolute atomic E-state index is 13.7. The number of nitrogens with zero attached hydrogens (tertiary/aromatic N) is 1. The zero-order valence-corrected chi connectivity index (χ0v) is 17.5. The number of carbonyl (C=O) groups excluding carboxylic acids is 3. The van der Waals surface area contributed by atoms with Crippen LogP contribution in [0, 0.1) is 29.8 Å². The fraction of sp³-hybridized carbons (Fsp3) is 0.476. The van der Waals surface area contributed by atoms with Crippen molar-refractivity contribution in [1.29, 1.82) is 0 Å². The lowest BCUT2D eigenvalue weighted by Gasteiger charge is -2.36. The van der Waals surface area contributed by atoms with Gasteiger partial charge < -0.3 is 15.4 Å². The minimum absolute atomic E-state index is 0.0997. The molecule has 1 heterocycles. The lowest BCUT2D eigenvalue weighted by atomic mass is 9.91. The third-order valence-electron chi connectivity index (χ3n) is 4.64. The van der Waals surface area contributed by atoms with Crippen molar-refractivity contribution in [1.82, 2.24) is 10.2 Å². The van der Waals surface area contributed by atoms with Gasteiger partial charge in [-0.2, -0.15) is 0 Å². The molecule has 1 saturated heterocycles. The molecular formula is C21H24F3N3O4. The highest BCUT2D eigenvalue weighted by molar-refractivity contribution is 5.97. The van der Waals surface area contributed by atoms with Crippen LogP contribution in [0.25, 0.3) is 0 Å². The lowest BCUT2D eigenvalue weighted by molar-refractivity contribution is -0.133. The van der Waals surface area contributed by atoms with Gasteiger partial charge in [0.05, 0.1) is 12.2 Å². The predicted octanol–water partition coefficient (Wildman–Crippen LogP) is 2.95. The summed E-state index contributed by atoms with van der Waals surface area (Å²) in [6, 6.07) is 1.51. The minimum Gasteiger partial charge on any atom is -0.444 e. The summed E-state index contributed by atoms with van der Waals surface area (Å²) in [5, 5.41) is 4.43. The number of rotatable bonds is 5. The Morgan fingerprint density at radius 1 is 1.23 bits per heavy atom. The third-order valence-corrected chi connectivity index (χ3v) is 4.64. The molecule has 1 aromatic rings. The largest absolute Gasteiger partial charge is 0.444 e. The summed E-state index contributed by atoms with van der Waals surface area (Å²) >= 11 is 0. The Morgan fingerprint density at radius 2 is 1.90 bits per heavy atom. The quantitative estimate of drug-likeness (QED) is 0.546. The predicted molar refractivity (Wildman–Crippen MR) is 106 cm³/mol. The molecule has 31 heavy (non-hydrogen) atoms. The van der Waals surface area contributed by atoms with Crippen LogP contribution in [0.3, 0.4) is 0 Å². The summed E-state index contributed by atoms with van der Waals surface area (Å²) in [5.74, 6) is -3.85. The molecule has 1 atom stereocenters. The molecule has 168 valence electrons. The van der Waals surface area contributed by atoms with Crippen molar-refractivity contribution in [2.75, 3.05) is 18.4 Å². The van der Waals surface area contributed by atoms with Crippen LogP contribution < -0.4 is 10.6 Å². The maximum atomic E-state index is 13.7. The van der Waals surface area contributed by atoms with E-state index < -0.39 is 58.7 Å². The van der Waals surface area contributed by atoms with Gasteiger partial charge in [0.1, 0.15) is 11.1 Å². The highest BCUT2D eigenvalue weighted by Gasteiger charge is 2.50. The summed E-state index contributed by atoms with van der Waals surface area (Å²) in [7, 11) is 0. The van der Waals surface area contributed by atoms with Crippen molar-refractivity contribution in [3.05, 3.63) is 29.6 Å². The van der Waals surface area contributed by atoms with Gasteiger partial charge in [-0.15, -0.1) is 12.3 Å². The molecule has 1 aliphatic rings. The van der Waals surface area contributed by atoms with Crippen molar-refractivity contribution in [3.8, 4) is 12.3 Å². The summed E-state index contributed by atoms with van der Waals surface area (Å²) in [4.78, 5) is 38.9. The standard InChI is InChI=1S/C21H24F3N3O4/c1-5-9-21(10-6-11-27(21)19(30)31-20(2,3)4)18(29)25-12-15(28)26-14-8-7-13(22)16(23)17(14)24/h1,7-8H,6,9-12H2,2-4H3,(H,25,29)(H,26,28)/t21-/m1/s1. The first-order chi connectivity index (χ1) is 14.4. The Kier molecular flexibility index (Phi) is 7.21. The van der Waals surface area contributed by atoms with E-state index in [1.54, 1.807) is 20.8 Å². The molecule has 2 N–H and O–H groups in total. The van der Waals surface area contributed by atoms with Crippen LogP contribution in [0.4, 0.5) is 23.7 Å². The summed E-state index contributed by atoms with van der Waals surface area (Å²) in [6.45, 7) is 4.70. The van der Waals surface area contributed by atoms with Gasteiger partial charge in [0.15, 0.2) is 17.5 Å². The number of hydrogen-bond acceptors (Lipinski definition) is 4. The van der Waals surface area contributed by atoms with Gasteiger partial charge in [-0.25, -0.2) is 18.0 Å². The SMILES string of the molecule is C#CC[C@]1(C(=O)NCC(=O)Nc2ccc(F)c(F)c2F)CCCN1C(=O)OC(C)(C)C. The number of ether oxygens (including phenoxy) is 1. The molecule has 0 bridgehead atoms. The maximum Gasteiger partial charge on any atom is 0.411 e. The summed E-state index contributed by atoms with van der Waals surface area (Å²) in [5.41, 5.74) is -2.76. The van der Waals surface area contributed by atoms with E-state index in [0.29, 0.717) is 12.5 Å².